The van der Waals surface area contributed by atoms with Gasteiger partial charge in [-0.2, -0.15) is 0 Å². The summed E-state index contributed by atoms with van der Waals surface area (Å²) in [5.41, 5.74) is 5.91. The molecule has 2 aromatic rings. The van der Waals surface area contributed by atoms with E-state index in [0.717, 1.165) is 15.2 Å². The molecule has 0 aliphatic heterocycles. The second kappa shape index (κ2) is 8.26. The summed E-state index contributed by atoms with van der Waals surface area (Å²) in [5, 5.41) is 5.46. The van der Waals surface area contributed by atoms with Crippen LogP contribution in [0.5, 0.6) is 5.75 Å². The number of carbonyl (C=O) groups is 1. The number of aromatic nitrogens is 1. The van der Waals surface area contributed by atoms with Gasteiger partial charge >= 0.3 is 0 Å². The lowest BCUT2D eigenvalue weighted by atomic mass is 10.3. The molecule has 1 aromatic heterocycles. The Bertz CT molecular complexity index is 633. The van der Waals surface area contributed by atoms with Crippen molar-refractivity contribution in [3.63, 3.8) is 0 Å². The van der Waals surface area contributed by atoms with Crippen molar-refractivity contribution in [2.45, 2.75) is 19.4 Å². The van der Waals surface area contributed by atoms with Crippen molar-refractivity contribution in [1.29, 1.82) is 0 Å². The molecule has 0 aliphatic carbocycles. The number of rotatable bonds is 7. The first-order chi connectivity index (χ1) is 10.6. The minimum absolute atomic E-state index is 0.139. The highest BCUT2D eigenvalue weighted by Gasteiger charge is 2.12. The van der Waals surface area contributed by atoms with Crippen molar-refractivity contribution in [1.82, 2.24) is 10.3 Å². The van der Waals surface area contributed by atoms with Gasteiger partial charge in [0.05, 0.1) is 11.6 Å². The zero-order chi connectivity index (χ0) is 15.9. The molecule has 1 aromatic carbocycles. The highest BCUT2D eigenvalue weighted by Crippen LogP contribution is 2.18. The third-order valence-corrected chi connectivity index (χ3v) is 4.23. The molecule has 1 amide bonds. The second-order valence-corrected chi connectivity index (χ2v) is 6.62. The van der Waals surface area contributed by atoms with Gasteiger partial charge in [-0.3, -0.25) is 4.79 Å². The molecule has 0 fully saturated rings. The molecule has 7 heteroatoms. The van der Waals surface area contributed by atoms with Crippen LogP contribution in [0.1, 0.15) is 22.4 Å². The number of carbonyl (C=O) groups excluding carboxylic acids is 1. The van der Waals surface area contributed by atoms with Crippen LogP contribution >= 0.6 is 27.3 Å². The predicted molar refractivity (Wildman–Crippen MR) is 91.4 cm³/mol. The first-order valence-electron chi connectivity index (χ1n) is 6.93. The zero-order valence-electron chi connectivity index (χ0n) is 12.2. The normalized spacial score (nSPS) is 12.0. The number of nitrogens with two attached hydrogens (primary N) is 1. The zero-order valence-corrected chi connectivity index (χ0v) is 14.6. The number of hydrogen-bond donors (Lipinski definition) is 2. The molecule has 0 radical (unpaired) electrons. The standard InChI is InChI=1S/C15H18BrN3O2S/c1-10(21-12-4-2-3-11(16)7-12)8-18-15(20)13-9-22-14(19-13)5-6-17/h2-4,7,9-10H,5-6,8,17H2,1H3,(H,18,20). The molecule has 5 nitrogen and oxygen atoms in total. The van der Waals surface area contributed by atoms with E-state index >= 15 is 0 Å². The molecule has 22 heavy (non-hydrogen) atoms. The van der Waals surface area contributed by atoms with Gasteiger partial charge in [0.25, 0.3) is 5.91 Å². The molecular formula is C15H18BrN3O2S. The number of nitrogens with zero attached hydrogens (tertiary/aromatic N) is 1. The summed E-state index contributed by atoms with van der Waals surface area (Å²) >= 11 is 4.85. The van der Waals surface area contributed by atoms with Crippen LogP contribution in [0.4, 0.5) is 0 Å². The number of nitrogens with one attached hydrogen (secondary N) is 1. The fraction of sp³-hybridized carbons (Fsp3) is 0.333. The van der Waals surface area contributed by atoms with Gasteiger partial charge in [-0.25, -0.2) is 4.98 Å². The Kier molecular flexibility index (Phi) is 6.35. The molecule has 0 saturated carbocycles. The van der Waals surface area contributed by atoms with Crippen LogP contribution in [0.25, 0.3) is 0 Å². The Hall–Kier alpha value is -1.44. The monoisotopic (exact) mass is 383 g/mol. The minimum Gasteiger partial charge on any atom is -0.489 e. The molecule has 0 aliphatic rings. The third kappa shape index (κ3) is 5.08. The van der Waals surface area contributed by atoms with Gasteiger partial charge in [-0.05, 0) is 31.7 Å². The van der Waals surface area contributed by atoms with Crippen LogP contribution in [-0.2, 0) is 6.42 Å². The number of ether oxygens (including phenoxy) is 1. The van der Waals surface area contributed by atoms with Crippen LogP contribution in [0.15, 0.2) is 34.1 Å². The summed E-state index contributed by atoms with van der Waals surface area (Å²) < 4.78 is 6.70. The Morgan fingerprint density at radius 2 is 2.36 bits per heavy atom. The lowest BCUT2D eigenvalue weighted by Crippen LogP contribution is -2.33. The summed E-state index contributed by atoms with van der Waals surface area (Å²) in [4.78, 5) is 16.3. The first kappa shape index (κ1) is 16.9. The Balaban J connectivity index is 1.82. The topological polar surface area (TPSA) is 77.2 Å². The number of benzene rings is 1. The molecule has 1 atom stereocenters. The molecule has 0 bridgehead atoms. The van der Waals surface area contributed by atoms with Crippen molar-refractivity contribution in [3.05, 3.63) is 44.8 Å². The average Bonchev–Trinajstić information content (AvgIpc) is 2.94. The predicted octanol–water partition coefficient (Wildman–Crippen LogP) is 2.60. The largest absolute Gasteiger partial charge is 0.489 e. The Labute approximate surface area is 142 Å². The molecule has 0 saturated heterocycles. The van der Waals surface area contributed by atoms with E-state index in [9.17, 15) is 4.79 Å². The maximum absolute atomic E-state index is 12.0. The SMILES string of the molecule is CC(CNC(=O)c1csc(CCN)n1)Oc1cccc(Br)c1. The average molecular weight is 384 g/mol. The van der Waals surface area contributed by atoms with Crippen molar-refractivity contribution in [2.75, 3.05) is 13.1 Å². The van der Waals surface area contributed by atoms with Crippen LogP contribution in [0.2, 0.25) is 0 Å². The lowest BCUT2D eigenvalue weighted by Gasteiger charge is -2.15. The van der Waals surface area contributed by atoms with Crippen molar-refractivity contribution >= 4 is 33.2 Å². The minimum atomic E-state index is -0.191. The molecule has 118 valence electrons. The van der Waals surface area contributed by atoms with E-state index in [-0.39, 0.29) is 12.0 Å². The fourth-order valence-electron chi connectivity index (χ4n) is 1.79. The van der Waals surface area contributed by atoms with Crippen molar-refractivity contribution in [2.24, 2.45) is 5.73 Å². The van der Waals surface area contributed by atoms with Crippen LogP contribution < -0.4 is 15.8 Å². The van der Waals surface area contributed by atoms with Gasteiger partial charge in [0.15, 0.2) is 0 Å². The van der Waals surface area contributed by atoms with Crippen molar-refractivity contribution in [3.8, 4) is 5.75 Å². The highest BCUT2D eigenvalue weighted by atomic mass is 79.9. The van der Waals surface area contributed by atoms with Gasteiger partial charge in [0.1, 0.15) is 17.5 Å². The lowest BCUT2D eigenvalue weighted by molar-refractivity contribution is 0.0927. The van der Waals surface area contributed by atoms with E-state index in [4.69, 9.17) is 10.5 Å². The van der Waals surface area contributed by atoms with E-state index in [1.54, 1.807) is 5.38 Å². The highest BCUT2D eigenvalue weighted by molar-refractivity contribution is 9.10. The number of thiazole rings is 1. The van der Waals surface area contributed by atoms with Crippen LogP contribution in [0.3, 0.4) is 0 Å². The van der Waals surface area contributed by atoms with E-state index in [1.165, 1.54) is 11.3 Å². The molecular weight excluding hydrogens is 366 g/mol. The van der Waals surface area contributed by atoms with Crippen molar-refractivity contribution < 1.29 is 9.53 Å². The Morgan fingerprint density at radius 3 is 3.09 bits per heavy atom. The van der Waals surface area contributed by atoms with Crippen LogP contribution in [0, 0.1) is 0 Å². The third-order valence-electron chi connectivity index (χ3n) is 2.83. The van der Waals surface area contributed by atoms with E-state index in [2.05, 4.69) is 26.2 Å². The van der Waals surface area contributed by atoms with E-state index in [1.807, 2.05) is 31.2 Å². The number of hydrogen-bond acceptors (Lipinski definition) is 5. The van der Waals surface area contributed by atoms with Gasteiger partial charge in [-0.1, -0.05) is 22.0 Å². The fourth-order valence-corrected chi connectivity index (χ4v) is 2.97. The van der Waals surface area contributed by atoms with Gasteiger partial charge in [0.2, 0.25) is 0 Å². The molecule has 3 N–H and O–H groups in total. The summed E-state index contributed by atoms with van der Waals surface area (Å²) in [5.74, 6) is 0.569. The number of amides is 1. The number of halogens is 1. The first-order valence-corrected chi connectivity index (χ1v) is 8.60. The quantitative estimate of drug-likeness (QED) is 0.770. The second-order valence-electron chi connectivity index (χ2n) is 4.76. The van der Waals surface area contributed by atoms with E-state index < -0.39 is 0 Å². The smallest absolute Gasteiger partial charge is 0.270 e. The van der Waals surface area contributed by atoms with Gasteiger partial charge in [-0.15, -0.1) is 11.3 Å². The van der Waals surface area contributed by atoms with Gasteiger partial charge < -0.3 is 15.8 Å². The van der Waals surface area contributed by atoms with E-state index in [0.29, 0.717) is 25.2 Å². The summed E-state index contributed by atoms with van der Waals surface area (Å²) in [6.45, 7) is 2.85. The summed E-state index contributed by atoms with van der Waals surface area (Å²) in [6.07, 6.45) is 0.556. The van der Waals surface area contributed by atoms with Gasteiger partial charge in [0, 0.05) is 16.3 Å². The maximum Gasteiger partial charge on any atom is 0.270 e. The summed E-state index contributed by atoms with van der Waals surface area (Å²) in [7, 11) is 0. The molecule has 1 unspecified atom stereocenters. The molecule has 0 spiro atoms. The maximum atomic E-state index is 12.0. The van der Waals surface area contributed by atoms with Crippen LogP contribution in [-0.4, -0.2) is 30.1 Å². The molecule has 1 heterocycles. The summed E-state index contributed by atoms with van der Waals surface area (Å²) in [6, 6.07) is 7.60. The Morgan fingerprint density at radius 1 is 1.55 bits per heavy atom. The molecule has 2 rings (SSSR count).